The van der Waals surface area contributed by atoms with Crippen molar-refractivity contribution >= 4 is 45.6 Å². The summed E-state index contributed by atoms with van der Waals surface area (Å²) in [6.07, 6.45) is 2.42. The lowest BCUT2D eigenvalue weighted by Gasteiger charge is -2.23. The number of benzene rings is 2. The largest absolute Gasteiger partial charge is 0.444 e. The summed E-state index contributed by atoms with van der Waals surface area (Å²) in [5.41, 5.74) is 5.25. The van der Waals surface area contributed by atoms with Crippen LogP contribution in [0.5, 0.6) is 0 Å². The first-order chi connectivity index (χ1) is 26.0. The molecule has 4 aromatic heterocycles. The van der Waals surface area contributed by atoms with E-state index in [-0.39, 0.29) is 6.04 Å². The average molecular weight is 758 g/mol. The molecule has 4 heterocycles. The van der Waals surface area contributed by atoms with E-state index in [0.29, 0.717) is 27.5 Å². The molecule has 0 fully saturated rings. The van der Waals surface area contributed by atoms with Gasteiger partial charge in [0.1, 0.15) is 11.2 Å². The third-order valence-corrected chi connectivity index (χ3v) is 8.34. The maximum absolute atomic E-state index is 12.2. The second-order valence-electron chi connectivity index (χ2n) is 14.8. The van der Waals surface area contributed by atoms with Crippen molar-refractivity contribution in [1.29, 1.82) is 5.26 Å². The van der Waals surface area contributed by atoms with Gasteiger partial charge in [0.05, 0.1) is 57.5 Å². The summed E-state index contributed by atoms with van der Waals surface area (Å²) in [6, 6.07) is 27.5. The van der Waals surface area contributed by atoms with Crippen molar-refractivity contribution in [2.45, 2.75) is 78.7 Å². The van der Waals surface area contributed by atoms with Gasteiger partial charge in [0.25, 0.3) is 0 Å². The molecular weight excluding hydrogens is 714 g/mol. The molecule has 2 amide bonds. The number of aromatic nitrogens is 4. The van der Waals surface area contributed by atoms with Crippen LogP contribution < -0.4 is 10.6 Å². The maximum atomic E-state index is 12.2. The minimum atomic E-state index is -0.591. The van der Waals surface area contributed by atoms with Gasteiger partial charge in [-0.1, -0.05) is 35.9 Å². The lowest BCUT2D eigenvalue weighted by molar-refractivity contribution is 0.0495. The van der Waals surface area contributed by atoms with Crippen LogP contribution in [0.1, 0.15) is 84.4 Å². The molecular formula is C43H44ClN7O4. The second kappa shape index (κ2) is 16.9. The van der Waals surface area contributed by atoms with Crippen LogP contribution in [0.15, 0.2) is 97.3 Å². The highest BCUT2D eigenvalue weighted by Crippen LogP contribution is 2.33. The average Bonchev–Trinajstić information content (AvgIpc) is 3.13. The van der Waals surface area contributed by atoms with E-state index < -0.39 is 29.4 Å². The maximum Gasteiger partial charge on any atom is 0.408 e. The minimum Gasteiger partial charge on any atom is -0.444 e. The molecule has 0 saturated heterocycles. The van der Waals surface area contributed by atoms with Crippen LogP contribution in [-0.4, -0.2) is 43.3 Å². The Hall–Kier alpha value is -6.12. The van der Waals surface area contributed by atoms with Crippen molar-refractivity contribution in [3.8, 4) is 28.6 Å². The van der Waals surface area contributed by atoms with Crippen LogP contribution in [0.2, 0.25) is 5.02 Å². The van der Waals surface area contributed by atoms with E-state index in [1.807, 2.05) is 128 Å². The van der Waals surface area contributed by atoms with E-state index in [4.69, 9.17) is 31.0 Å². The topological polar surface area (TPSA) is 152 Å². The number of nitriles is 1. The van der Waals surface area contributed by atoms with Gasteiger partial charge in [0, 0.05) is 39.3 Å². The van der Waals surface area contributed by atoms with Gasteiger partial charge in [0.2, 0.25) is 0 Å². The Morgan fingerprint density at radius 3 is 1.56 bits per heavy atom. The Balaban J connectivity index is 0.000000211. The molecule has 2 N–H and O–H groups in total. The summed E-state index contributed by atoms with van der Waals surface area (Å²) in [5.74, 6) is 0. The van der Waals surface area contributed by atoms with Crippen molar-refractivity contribution in [2.24, 2.45) is 0 Å². The number of ether oxygens (including phenoxy) is 2. The van der Waals surface area contributed by atoms with E-state index in [9.17, 15) is 14.9 Å². The monoisotopic (exact) mass is 757 g/mol. The van der Waals surface area contributed by atoms with Gasteiger partial charge >= 0.3 is 12.2 Å². The third-order valence-electron chi connectivity index (χ3n) is 8.01. The number of nitrogens with one attached hydrogen (secondary N) is 2. The van der Waals surface area contributed by atoms with E-state index in [1.165, 1.54) is 0 Å². The zero-order valence-corrected chi connectivity index (χ0v) is 32.9. The summed E-state index contributed by atoms with van der Waals surface area (Å²) in [5, 5.41) is 17.3. The highest BCUT2D eigenvalue weighted by molar-refractivity contribution is 6.35. The first-order valence-corrected chi connectivity index (χ1v) is 18.2. The van der Waals surface area contributed by atoms with E-state index in [2.05, 4.69) is 26.7 Å². The number of pyridine rings is 4. The molecule has 2 aromatic carbocycles. The number of halogens is 1. The van der Waals surface area contributed by atoms with E-state index in [1.54, 1.807) is 24.5 Å². The number of hydrogen-bond acceptors (Lipinski definition) is 9. The number of fused-ring (bicyclic) bond motifs is 2. The third kappa shape index (κ3) is 10.5. The summed E-state index contributed by atoms with van der Waals surface area (Å²) >= 11 is 6.36. The van der Waals surface area contributed by atoms with Gasteiger partial charge in [-0.25, -0.2) is 19.6 Å². The van der Waals surface area contributed by atoms with Crippen LogP contribution in [0.3, 0.4) is 0 Å². The number of carbonyl (C=O) groups excluding carboxylic acids is 2. The second-order valence-corrected chi connectivity index (χ2v) is 15.2. The van der Waals surface area contributed by atoms with Crippen LogP contribution in [0.25, 0.3) is 44.3 Å². The lowest BCUT2D eigenvalue weighted by atomic mass is 9.99. The SMILES string of the molecule is CC(NC(=O)OC(C)(C)C)c1nc2cccc(C#N)c2cc1-c1ccccn1.CC(NC(=O)OC(C)(C)C)c1nc2cccc(Cl)c2cc1-c1ccccn1. The zero-order chi connectivity index (χ0) is 39.9. The Labute approximate surface area is 326 Å². The van der Waals surface area contributed by atoms with Crippen molar-refractivity contribution in [3.05, 3.63) is 119 Å². The molecule has 0 radical (unpaired) electrons. The first-order valence-electron chi connectivity index (χ1n) is 17.8. The number of alkyl carbamates (subject to hydrolysis) is 2. The van der Waals surface area contributed by atoms with Crippen molar-refractivity contribution in [1.82, 2.24) is 30.6 Å². The van der Waals surface area contributed by atoms with Crippen molar-refractivity contribution in [3.63, 3.8) is 0 Å². The molecule has 11 nitrogen and oxygen atoms in total. The predicted octanol–water partition coefficient (Wildman–Crippen LogP) is 10.3. The molecule has 0 spiro atoms. The lowest BCUT2D eigenvalue weighted by Crippen LogP contribution is -2.34. The Morgan fingerprint density at radius 1 is 0.673 bits per heavy atom. The summed E-state index contributed by atoms with van der Waals surface area (Å²) in [4.78, 5) is 42.8. The molecule has 0 aliphatic rings. The van der Waals surface area contributed by atoms with Crippen molar-refractivity contribution < 1.29 is 19.1 Å². The fraction of sp³-hybridized carbons (Fsp3) is 0.279. The number of amides is 2. The van der Waals surface area contributed by atoms with Crippen molar-refractivity contribution in [2.75, 3.05) is 0 Å². The van der Waals surface area contributed by atoms with Crippen LogP contribution in [0.4, 0.5) is 9.59 Å². The molecule has 0 aliphatic carbocycles. The minimum absolute atomic E-state index is 0.375. The number of nitrogens with zero attached hydrogens (tertiary/aromatic N) is 5. The van der Waals surface area contributed by atoms with E-state index in [0.717, 1.165) is 38.8 Å². The highest BCUT2D eigenvalue weighted by Gasteiger charge is 2.24. The zero-order valence-electron chi connectivity index (χ0n) is 32.1. The predicted molar refractivity (Wildman–Crippen MR) is 215 cm³/mol. The van der Waals surface area contributed by atoms with Gasteiger partial charge in [0.15, 0.2) is 0 Å². The fourth-order valence-corrected chi connectivity index (χ4v) is 5.93. The highest BCUT2D eigenvalue weighted by atomic mass is 35.5. The van der Waals surface area contributed by atoms with Crippen LogP contribution >= 0.6 is 11.6 Å². The van der Waals surface area contributed by atoms with Crippen LogP contribution in [-0.2, 0) is 9.47 Å². The number of hydrogen-bond donors (Lipinski definition) is 2. The molecule has 6 aromatic rings. The molecule has 12 heteroatoms. The molecule has 0 saturated carbocycles. The van der Waals surface area contributed by atoms with E-state index >= 15 is 0 Å². The molecule has 2 unspecified atom stereocenters. The molecule has 282 valence electrons. The van der Waals surface area contributed by atoms with Gasteiger partial charge < -0.3 is 20.1 Å². The standard InChI is InChI=1S/C22H22N4O2.C21H22ClN3O2/c1-14(25-21(27)28-22(2,3)4)20-17(18-9-5-6-11-24-18)12-16-15(13-23)8-7-10-19(16)26-20;1-13(24-20(26)27-21(2,3)4)19-15(17-9-5-6-11-23-17)12-14-16(22)8-7-10-18(14)25-19/h5-12,14H,1-4H3,(H,25,27);5-13H,1-4H3,(H,24,26). The van der Waals surface area contributed by atoms with Crippen LogP contribution in [0, 0.1) is 11.3 Å². The molecule has 0 aliphatic heterocycles. The molecule has 2 atom stereocenters. The first kappa shape index (κ1) is 40.1. The van der Waals surface area contributed by atoms with Gasteiger partial charge in [-0.15, -0.1) is 0 Å². The smallest absolute Gasteiger partial charge is 0.408 e. The normalized spacial score (nSPS) is 12.4. The summed E-state index contributed by atoms with van der Waals surface area (Å²) in [6.45, 7) is 14.6. The fourth-order valence-electron chi connectivity index (χ4n) is 5.70. The molecule has 55 heavy (non-hydrogen) atoms. The number of carbonyl (C=O) groups is 2. The quantitative estimate of drug-likeness (QED) is 0.169. The Bertz CT molecular complexity index is 2350. The van der Waals surface area contributed by atoms with Gasteiger partial charge in [-0.05, 0) is 116 Å². The number of rotatable bonds is 6. The molecule has 6 rings (SSSR count). The Kier molecular flexibility index (Phi) is 12.3. The summed E-state index contributed by atoms with van der Waals surface area (Å²) in [7, 11) is 0. The molecule has 0 bridgehead atoms. The van der Waals surface area contributed by atoms with Gasteiger partial charge in [-0.3, -0.25) is 9.97 Å². The Morgan fingerprint density at radius 2 is 1.13 bits per heavy atom. The van der Waals surface area contributed by atoms with Gasteiger partial charge in [-0.2, -0.15) is 5.26 Å². The summed E-state index contributed by atoms with van der Waals surface area (Å²) < 4.78 is 10.7.